The van der Waals surface area contributed by atoms with Crippen LogP contribution in [0.15, 0.2) is 47.5 Å². The zero-order chi connectivity index (χ0) is 17.6. The Bertz CT molecular complexity index is 759. The molecule has 0 bridgehead atoms. The number of ether oxygens (including phenoxy) is 1. The van der Waals surface area contributed by atoms with Gasteiger partial charge in [-0.15, -0.1) is 0 Å². The van der Waals surface area contributed by atoms with Crippen LogP contribution in [0.2, 0.25) is 0 Å². The van der Waals surface area contributed by atoms with Crippen molar-refractivity contribution in [2.24, 2.45) is 10.9 Å². The number of nitrogens with one attached hydrogen (secondary N) is 1. The van der Waals surface area contributed by atoms with E-state index in [4.69, 9.17) is 4.74 Å². The Labute approximate surface area is 148 Å². The van der Waals surface area contributed by atoms with Gasteiger partial charge in [0.05, 0.1) is 13.0 Å². The molecule has 1 aliphatic rings. The molecule has 3 rings (SSSR count). The van der Waals surface area contributed by atoms with Crippen LogP contribution < -0.4 is 5.32 Å². The van der Waals surface area contributed by atoms with Gasteiger partial charge in [-0.1, -0.05) is 42.5 Å². The lowest BCUT2D eigenvalue weighted by atomic mass is 9.97. The molecule has 0 atom stereocenters. The van der Waals surface area contributed by atoms with Crippen molar-refractivity contribution in [3.05, 3.63) is 48.0 Å². The van der Waals surface area contributed by atoms with Gasteiger partial charge in [0.1, 0.15) is 0 Å². The summed E-state index contributed by atoms with van der Waals surface area (Å²) >= 11 is 0. The fourth-order valence-electron chi connectivity index (χ4n) is 3.45. The third kappa shape index (κ3) is 3.92. The van der Waals surface area contributed by atoms with Crippen LogP contribution in [0.4, 0.5) is 0 Å². The Balaban J connectivity index is 1.63. The molecule has 132 valence electrons. The van der Waals surface area contributed by atoms with E-state index in [0.717, 1.165) is 38.4 Å². The topological polar surface area (TPSA) is 53.9 Å². The molecule has 5 nitrogen and oxygen atoms in total. The number of piperidine rings is 1. The van der Waals surface area contributed by atoms with Gasteiger partial charge in [-0.25, -0.2) is 0 Å². The van der Waals surface area contributed by atoms with Crippen LogP contribution in [-0.2, 0) is 16.1 Å². The number of fused-ring (bicyclic) bond motifs is 1. The lowest BCUT2D eigenvalue weighted by molar-refractivity contribution is -0.146. The molecule has 0 aromatic heterocycles. The molecule has 0 amide bonds. The predicted octanol–water partition coefficient (Wildman–Crippen LogP) is 2.80. The Morgan fingerprint density at radius 1 is 1.20 bits per heavy atom. The first kappa shape index (κ1) is 17.3. The molecule has 0 radical (unpaired) electrons. The van der Waals surface area contributed by atoms with Crippen molar-refractivity contribution in [2.45, 2.75) is 19.4 Å². The van der Waals surface area contributed by atoms with Crippen molar-refractivity contribution in [1.82, 2.24) is 10.2 Å². The molecule has 25 heavy (non-hydrogen) atoms. The number of hydrogen-bond acceptors (Lipinski definition) is 3. The van der Waals surface area contributed by atoms with Gasteiger partial charge in [-0.2, -0.15) is 0 Å². The van der Waals surface area contributed by atoms with E-state index in [1.54, 1.807) is 7.05 Å². The maximum Gasteiger partial charge on any atom is 0.308 e. The average Bonchev–Trinajstić information content (AvgIpc) is 2.68. The summed E-state index contributed by atoms with van der Waals surface area (Å²) in [5.74, 6) is 0.798. The van der Waals surface area contributed by atoms with Crippen LogP contribution >= 0.6 is 0 Å². The predicted molar refractivity (Wildman–Crippen MR) is 100 cm³/mol. The summed E-state index contributed by atoms with van der Waals surface area (Å²) in [7, 11) is 3.26. The third-order valence-corrected chi connectivity index (χ3v) is 4.86. The normalized spacial score (nSPS) is 16.1. The van der Waals surface area contributed by atoms with E-state index in [-0.39, 0.29) is 11.9 Å². The van der Waals surface area contributed by atoms with Gasteiger partial charge < -0.3 is 15.0 Å². The van der Waals surface area contributed by atoms with Gasteiger partial charge in [0, 0.05) is 26.7 Å². The molecule has 1 N–H and O–H groups in total. The molecule has 1 heterocycles. The second kappa shape index (κ2) is 8.01. The Morgan fingerprint density at radius 3 is 2.64 bits per heavy atom. The second-order valence-electron chi connectivity index (χ2n) is 6.32. The number of guanidine groups is 1. The molecule has 5 heteroatoms. The molecule has 0 saturated carbocycles. The highest BCUT2D eigenvalue weighted by Crippen LogP contribution is 2.20. The number of hydrogen-bond donors (Lipinski definition) is 1. The number of aliphatic imine (C=N–C) groups is 1. The second-order valence-corrected chi connectivity index (χ2v) is 6.32. The lowest BCUT2D eigenvalue weighted by Crippen LogP contribution is -2.46. The molecule has 0 aliphatic carbocycles. The first-order valence-corrected chi connectivity index (χ1v) is 8.73. The molecule has 0 unspecified atom stereocenters. The maximum absolute atomic E-state index is 11.7. The molecule has 1 fully saturated rings. The summed E-state index contributed by atoms with van der Waals surface area (Å²) < 4.78 is 4.85. The van der Waals surface area contributed by atoms with Crippen molar-refractivity contribution in [3.63, 3.8) is 0 Å². The standard InChI is InChI=1S/C20H25N3O2/c1-21-20(23-12-10-16(11-13-23)19(24)25-2)22-14-17-8-5-7-15-6-3-4-9-18(15)17/h3-9,16H,10-14H2,1-2H3,(H,21,22). The highest BCUT2D eigenvalue weighted by atomic mass is 16.5. The van der Waals surface area contributed by atoms with Crippen molar-refractivity contribution in [3.8, 4) is 0 Å². The van der Waals surface area contributed by atoms with Gasteiger partial charge in [-0.3, -0.25) is 9.79 Å². The average molecular weight is 339 g/mol. The first-order chi connectivity index (χ1) is 12.2. The fourth-order valence-corrected chi connectivity index (χ4v) is 3.45. The molecule has 1 aliphatic heterocycles. The number of rotatable bonds is 3. The fraction of sp³-hybridized carbons (Fsp3) is 0.400. The van der Waals surface area contributed by atoms with Crippen LogP contribution in [0.1, 0.15) is 18.4 Å². The van der Waals surface area contributed by atoms with Crippen LogP contribution in [-0.4, -0.2) is 44.1 Å². The molecule has 1 saturated heterocycles. The number of benzene rings is 2. The number of nitrogens with zero attached hydrogens (tertiary/aromatic N) is 2. The number of likely N-dealkylation sites (tertiary alicyclic amines) is 1. The van der Waals surface area contributed by atoms with Gasteiger partial charge >= 0.3 is 5.97 Å². The number of carbonyl (C=O) groups excluding carboxylic acids is 1. The monoisotopic (exact) mass is 339 g/mol. The molecular formula is C20H25N3O2. The molecule has 2 aromatic carbocycles. The van der Waals surface area contributed by atoms with Crippen LogP contribution in [0.5, 0.6) is 0 Å². The summed E-state index contributed by atoms with van der Waals surface area (Å²) in [6.45, 7) is 2.36. The minimum Gasteiger partial charge on any atom is -0.469 e. The molecule has 0 spiro atoms. The zero-order valence-electron chi connectivity index (χ0n) is 14.9. The summed E-state index contributed by atoms with van der Waals surface area (Å²) in [6, 6.07) is 14.8. The van der Waals surface area contributed by atoms with Crippen LogP contribution in [0.3, 0.4) is 0 Å². The number of esters is 1. The van der Waals surface area contributed by atoms with Gasteiger partial charge in [0.2, 0.25) is 0 Å². The van der Waals surface area contributed by atoms with Crippen molar-refractivity contribution in [1.29, 1.82) is 0 Å². The molecular weight excluding hydrogens is 314 g/mol. The Kier molecular flexibility index (Phi) is 5.53. The van der Waals surface area contributed by atoms with Crippen molar-refractivity contribution >= 4 is 22.7 Å². The number of carbonyl (C=O) groups is 1. The summed E-state index contributed by atoms with van der Waals surface area (Å²) in [6.07, 6.45) is 1.61. The summed E-state index contributed by atoms with van der Waals surface area (Å²) in [5.41, 5.74) is 1.25. The van der Waals surface area contributed by atoms with E-state index >= 15 is 0 Å². The number of methoxy groups -OCH3 is 1. The summed E-state index contributed by atoms with van der Waals surface area (Å²) in [5, 5.41) is 5.97. The van der Waals surface area contributed by atoms with Crippen LogP contribution in [0.25, 0.3) is 10.8 Å². The van der Waals surface area contributed by atoms with Gasteiger partial charge in [-0.05, 0) is 29.2 Å². The lowest BCUT2D eigenvalue weighted by Gasteiger charge is -2.33. The van der Waals surface area contributed by atoms with E-state index in [1.807, 2.05) is 0 Å². The van der Waals surface area contributed by atoms with E-state index < -0.39 is 0 Å². The van der Waals surface area contributed by atoms with Crippen molar-refractivity contribution < 1.29 is 9.53 Å². The quantitative estimate of drug-likeness (QED) is 0.531. The zero-order valence-corrected chi connectivity index (χ0v) is 14.9. The highest BCUT2D eigenvalue weighted by molar-refractivity contribution is 5.86. The van der Waals surface area contributed by atoms with E-state index in [2.05, 4.69) is 57.7 Å². The third-order valence-electron chi connectivity index (χ3n) is 4.86. The Hall–Kier alpha value is -2.56. The van der Waals surface area contributed by atoms with E-state index in [1.165, 1.54) is 23.4 Å². The van der Waals surface area contributed by atoms with E-state index in [9.17, 15) is 4.79 Å². The largest absolute Gasteiger partial charge is 0.469 e. The minimum atomic E-state index is -0.0987. The minimum absolute atomic E-state index is 0.0115. The van der Waals surface area contributed by atoms with Crippen molar-refractivity contribution in [2.75, 3.05) is 27.2 Å². The Morgan fingerprint density at radius 2 is 1.92 bits per heavy atom. The van der Waals surface area contributed by atoms with E-state index in [0.29, 0.717) is 0 Å². The maximum atomic E-state index is 11.7. The highest BCUT2D eigenvalue weighted by Gasteiger charge is 2.26. The first-order valence-electron chi connectivity index (χ1n) is 8.73. The summed E-state index contributed by atoms with van der Waals surface area (Å²) in [4.78, 5) is 18.3. The smallest absolute Gasteiger partial charge is 0.308 e. The van der Waals surface area contributed by atoms with Crippen LogP contribution in [0, 0.1) is 5.92 Å². The molecule has 2 aromatic rings. The SMILES string of the molecule is CN=C(NCc1cccc2ccccc12)N1CCC(C(=O)OC)CC1. The van der Waals surface area contributed by atoms with Gasteiger partial charge in [0.15, 0.2) is 5.96 Å². The van der Waals surface area contributed by atoms with Gasteiger partial charge in [0.25, 0.3) is 0 Å².